The average molecular weight is 602 g/mol. The van der Waals surface area contributed by atoms with Crippen molar-refractivity contribution in [1.29, 1.82) is 0 Å². The molecular weight excluding hydrogens is 577 g/mol. The molecule has 4 rings (SSSR count). The molecule has 2 aromatic carbocycles. The van der Waals surface area contributed by atoms with Crippen molar-refractivity contribution in [3.63, 3.8) is 0 Å². The minimum atomic E-state index is -4.17. The van der Waals surface area contributed by atoms with E-state index in [4.69, 9.17) is 4.74 Å². The zero-order chi connectivity index (χ0) is 25.2. The number of aromatic nitrogens is 2. The van der Waals surface area contributed by atoms with E-state index < -0.39 is 37.1 Å². The predicted molar refractivity (Wildman–Crippen MR) is 130 cm³/mol. The fourth-order valence-corrected chi connectivity index (χ4v) is 7.07. The number of fused-ring (bicyclic) bond motifs is 1. The fourth-order valence-electron chi connectivity index (χ4n) is 3.52. The molecule has 0 saturated heterocycles. The van der Waals surface area contributed by atoms with Gasteiger partial charge in [0.05, 0.1) is 0 Å². The molecule has 1 N–H and O–H groups in total. The Bertz CT molecular complexity index is 1440. The molecule has 0 atom stereocenters. The molecule has 182 valence electrons. The summed E-state index contributed by atoms with van der Waals surface area (Å²) in [7, 11) is -2.77. The van der Waals surface area contributed by atoms with Gasteiger partial charge in [-0.25, -0.2) is 0 Å². The second-order valence-corrected chi connectivity index (χ2v) is 12.9. The summed E-state index contributed by atoms with van der Waals surface area (Å²) in [4.78, 5) is 21.3. The standard InChI is InChI=1S/C26H25IN3O4S/c1-26(2,3)18-9-11-23(34-4)24(14-18)35(32,33)30-25(31)17-8-10-19-20(22-12-13-28-16-29-22)6-5-7-21(19)27-15-17/h5-16H,1-4H3,(H,30,31)/q-1. The van der Waals surface area contributed by atoms with Crippen molar-refractivity contribution < 1.29 is 39.2 Å². The number of sulfonamides is 1. The van der Waals surface area contributed by atoms with Crippen LogP contribution in [0.15, 0.2) is 75.6 Å². The van der Waals surface area contributed by atoms with Gasteiger partial charge in [0.2, 0.25) is 0 Å². The molecule has 0 bridgehead atoms. The first-order chi connectivity index (χ1) is 16.6. The number of hydrogen-bond acceptors (Lipinski definition) is 6. The van der Waals surface area contributed by atoms with Gasteiger partial charge in [0.15, 0.2) is 0 Å². The molecular formula is C26H25IN3O4S-. The summed E-state index contributed by atoms with van der Waals surface area (Å²) in [6.45, 7) is 5.96. The molecule has 0 fully saturated rings. The minimum absolute atomic E-state index is 0.0667. The third-order valence-corrected chi connectivity index (χ3v) is 9.38. The van der Waals surface area contributed by atoms with Gasteiger partial charge in [-0.15, -0.1) is 0 Å². The zero-order valence-corrected chi connectivity index (χ0v) is 22.7. The van der Waals surface area contributed by atoms with E-state index in [1.165, 1.54) is 13.4 Å². The number of hydrogen-bond donors (Lipinski definition) is 1. The summed E-state index contributed by atoms with van der Waals surface area (Å²) in [5, 5.41) is 0. The molecule has 35 heavy (non-hydrogen) atoms. The van der Waals surface area contributed by atoms with Crippen LogP contribution in [-0.4, -0.2) is 31.4 Å². The molecule has 0 radical (unpaired) electrons. The second-order valence-electron chi connectivity index (χ2n) is 8.85. The number of ether oxygens (including phenoxy) is 1. The number of nitrogens with zero attached hydrogens (tertiary/aromatic N) is 2. The first-order valence-corrected chi connectivity index (χ1v) is 14.6. The fraction of sp³-hybridized carbons (Fsp3) is 0.192. The SMILES string of the molecule is COc1ccc(C(C)(C)C)cc1S(=O)(=O)NC(=O)C1=C[I-]c2cccc(-c3ccncn3)c2C=C1. The second kappa shape index (κ2) is 9.90. The van der Waals surface area contributed by atoms with E-state index >= 15 is 0 Å². The van der Waals surface area contributed by atoms with Crippen LogP contribution >= 0.6 is 0 Å². The van der Waals surface area contributed by atoms with E-state index in [2.05, 4.69) is 14.7 Å². The van der Waals surface area contributed by atoms with E-state index in [1.54, 1.807) is 24.4 Å². The van der Waals surface area contributed by atoms with Gasteiger partial charge in [-0.2, -0.15) is 0 Å². The Hall–Kier alpha value is -3.05. The van der Waals surface area contributed by atoms with Gasteiger partial charge in [0, 0.05) is 0 Å². The molecule has 2 heterocycles. The number of rotatable bonds is 5. The third kappa shape index (κ3) is 5.46. The summed E-state index contributed by atoms with van der Waals surface area (Å²) in [5.74, 6) is -0.501. The summed E-state index contributed by atoms with van der Waals surface area (Å²) in [5.41, 5.74) is 3.54. The first kappa shape index (κ1) is 25.1. The van der Waals surface area contributed by atoms with Crippen LogP contribution in [0.5, 0.6) is 5.75 Å². The van der Waals surface area contributed by atoms with Crippen LogP contribution in [0.1, 0.15) is 31.9 Å². The number of methoxy groups -OCH3 is 1. The maximum atomic E-state index is 13.2. The Morgan fingerprint density at radius 1 is 1.09 bits per heavy atom. The Labute approximate surface area is 215 Å². The normalized spacial score (nSPS) is 13.7. The Kier molecular flexibility index (Phi) is 7.09. The van der Waals surface area contributed by atoms with Crippen LogP contribution in [-0.2, 0) is 20.2 Å². The van der Waals surface area contributed by atoms with Gasteiger partial charge in [-0.05, 0) is 0 Å². The Balaban J connectivity index is 1.63. The van der Waals surface area contributed by atoms with Crippen LogP contribution in [0.3, 0.4) is 0 Å². The Morgan fingerprint density at radius 2 is 1.89 bits per heavy atom. The zero-order valence-electron chi connectivity index (χ0n) is 19.7. The van der Waals surface area contributed by atoms with Crippen molar-refractivity contribution in [2.45, 2.75) is 31.1 Å². The molecule has 1 amide bonds. The van der Waals surface area contributed by atoms with Crippen LogP contribution < -0.4 is 30.7 Å². The monoisotopic (exact) mass is 602 g/mol. The molecule has 1 aliphatic heterocycles. The van der Waals surface area contributed by atoms with Crippen molar-refractivity contribution in [3.05, 3.63) is 85.4 Å². The molecule has 0 unspecified atom stereocenters. The van der Waals surface area contributed by atoms with Gasteiger partial charge in [0.1, 0.15) is 0 Å². The number of nitrogens with one attached hydrogen (secondary N) is 1. The maximum absolute atomic E-state index is 13.2. The van der Waals surface area contributed by atoms with Crippen molar-refractivity contribution in [2.75, 3.05) is 7.11 Å². The first-order valence-electron chi connectivity index (χ1n) is 10.8. The molecule has 3 aromatic rings. The summed E-state index contributed by atoms with van der Waals surface area (Å²) in [6.07, 6.45) is 6.68. The van der Waals surface area contributed by atoms with Crippen LogP contribution in [0.25, 0.3) is 17.3 Å². The van der Waals surface area contributed by atoms with Gasteiger partial charge < -0.3 is 0 Å². The topological polar surface area (TPSA) is 98.2 Å². The van der Waals surface area contributed by atoms with E-state index in [0.717, 1.165) is 26.0 Å². The van der Waals surface area contributed by atoms with Crippen molar-refractivity contribution >= 4 is 22.0 Å². The van der Waals surface area contributed by atoms with Crippen molar-refractivity contribution in [2.24, 2.45) is 0 Å². The molecule has 9 heteroatoms. The Morgan fingerprint density at radius 3 is 2.57 bits per heavy atom. The molecule has 1 aliphatic rings. The van der Waals surface area contributed by atoms with Crippen LogP contribution in [0.4, 0.5) is 0 Å². The summed E-state index contributed by atoms with van der Waals surface area (Å²) in [6, 6.07) is 12.8. The van der Waals surface area contributed by atoms with E-state index in [-0.39, 0.29) is 16.1 Å². The third-order valence-electron chi connectivity index (χ3n) is 5.44. The number of halogens is 1. The molecule has 7 nitrogen and oxygen atoms in total. The molecule has 0 aliphatic carbocycles. The predicted octanol–water partition coefficient (Wildman–Crippen LogP) is 1.12. The molecule has 1 aromatic heterocycles. The number of amides is 1. The van der Waals surface area contributed by atoms with Crippen LogP contribution in [0, 0.1) is 3.57 Å². The van der Waals surface area contributed by atoms with E-state index in [9.17, 15) is 13.2 Å². The quantitative estimate of drug-likeness (QED) is 0.440. The number of benzene rings is 2. The summed E-state index contributed by atoms with van der Waals surface area (Å²) >= 11 is -0.692. The van der Waals surface area contributed by atoms with E-state index in [1.807, 2.05) is 61.3 Å². The van der Waals surface area contributed by atoms with Crippen molar-refractivity contribution in [1.82, 2.24) is 14.7 Å². The average Bonchev–Trinajstić information content (AvgIpc) is 3.06. The summed E-state index contributed by atoms with van der Waals surface area (Å²) < 4.78 is 36.9. The number of carbonyl (C=O) groups is 1. The van der Waals surface area contributed by atoms with Gasteiger partial charge in [-0.3, -0.25) is 0 Å². The van der Waals surface area contributed by atoms with Gasteiger partial charge in [0.25, 0.3) is 0 Å². The van der Waals surface area contributed by atoms with Crippen molar-refractivity contribution in [3.8, 4) is 17.0 Å². The van der Waals surface area contributed by atoms with Gasteiger partial charge in [-0.1, -0.05) is 0 Å². The number of carbonyl (C=O) groups excluding carboxylic acids is 1. The van der Waals surface area contributed by atoms with Crippen LogP contribution in [0.2, 0.25) is 0 Å². The van der Waals surface area contributed by atoms with E-state index in [0.29, 0.717) is 5.57 Å². The van der Waals surface area contributed by atoms with Gasteiger partial charge >= 0.3 is 216 Å². The molecule has 0 spiro atoms. The molecule has 0 saturated carbocycles.